The smallest absolute Gasteiger partial charge is 0.413 e. The molecule has 2 amide bonds. The molecule has 0 saturated heterocycles. The Morgan fingerprint density at radius 1 is 0.930 bits per heavy atom. The zero-order valence-electron chi connectivity index (χ0n) is 27.2. The Morgan fingerprint density at radius 3 is 2.16 bits per heavy atom. The Kier molecular flexibility index (Phi) is 17.0. The van der Waals surface area contributed by atoms with E-state index in [1.807, 2.05) is 81.5 Å². The topological polar surface area (TPSA) is 104 Å². The van der Waals surface area contributed by atoms with Gasteiger partial charge in [-0.2, -0.15) is 0 Å². The SMILES string of the molecule is CC.CC.CCC.CCOC(=O)NC(=O)COC(=O)c1c2c(nc3ccccc13)/C(=C\c1ccc(OC)cc1)CC(C)C2. The molecular weight excluding hydrogens is 544 g/mol. The number of allylic oxidation sites excluding steroid dienone is 1. The van der Waals surface area contributed by atoms with Crippen molar-refractivity contribution >= 4 is 40.5 Å². The summed E-state index contributed by atoms with van der Waals surface area (Å²) >= 11 is 0. The average Bonchev–Trinajstić information content (AvgIpc) is 3.02. The Bertz CT molecular complexity index is 1350. The lowest BCUT2D eigenvalue weighted by Gasteiger charge is -2.26. The number of nitrogens with one attached hydrogen (secondary N) is 1. The van der Waals surface area contributed by atoms with Crippen molar-refractivity contribution in [2.24, 2.45) is 5.92 Å². The van der Waals surface area contributed by atoms with Gasteiger partial charge in [0.2, 0.25) is 0 Å². The summed E-state index contributed by atoms with van der Waals surface area (Å²) in [5.74, 6) is -0.358. The number of fused-ring (bicyclic) bond motifs is 2. The number of pyridine rings is 1. The zero-order chi connectivity index (χ0) is 32.4. The van der Waals surface area contributed by atoms with E-state index in [0.29, 0.717) is 22.9 Å². The lowest BCUT2D eigenvalue weighted by molar-refractivity contribution is -0.123. The number of rotatable bonds is 6. The summed E-state index contributed by atoms with van der Waals surface area (Å²) in [5, 5.41) is 2.69. The highest BCUT2D eigenvalue weighted by atomic mass is 16.6. The number of carbonyl (C=O) groups excluding carboxylic acids is 3. The second kappa shape index (κ2) is 19.8. The van der Waals surface area contributed by atoms with E-state index >= 15 is 0 Å². The van der Waals surface area contributed by atoms with Crippen LogP contribution in [0.2, 0.25) is 0 Å². The van der Waals surface area contributed by atoms with Gasteiger partial charge in [-0.05, 0) is 66.7 Å². The van der Waals surface area contributed by atoms with Gasteiger partial charge < -0.3 is 14.2 Å². The summed E-state index contributed by atoms with van der Waals surface area (Å²) in [5.41, 5.74) is 4.63. The summed E-state index contributed by atoms with van der Waals surface area (Å²) in [6.45, 7) is 15.5. The first-order valence-corrected chi connectivity index (χ1v) is 15.2. The molecule has 0 bridgehead atoms. The molecule has 1 heterocycles. The lowest BCUT2D eigenvalue weighted by Crippen LogP contribution is -2.34. The van der Waals surface area contributed by atoms with Gasteiger partial charge in [0.05, 0.1) is 30.5 Å². The number of hydrogen-bond donors (Lipinski definition) is 1. The van der Waals surface area contributed by atoms with Crippen LogP contribution in [0, 0.1) is 5.92 Å². The van der Waals surface area contributed by atoms with Gasteiger partial charge in [0.1, 0.15) is 5.75 Å². The van der Waals surface area contributed by atoms with E-state index in [0.717, 1.165) is 34.6 Å². The second-order valence-corrected chi connectivity index (χ2v) is 9.34. The van der Waals surface area contributed by atoms with Gasteiger partial charge in [0.15, 0.2) is 6.61 Å². The lowest BCUT2D eigenvalue weighted by atomic mass is 9.80. The molecule has 3 aromatic rings. The monoisotopic (exact) mass is 592 g/mol. The molecule has 234 valence electrons. The Hall–Kier alpha value is -4.20. The van der Waals surface area contributed by atoms with E-state index in [1.54, 1.807) is 14.0 Å². The van der Waals surface area contributed by atoms with Gasteiger partial charge in [0.25, 0.3) is 5.91 Å². The van der Waals surface area contributed by atoms with Crippen LogP contribution in [0.5, 0.6) is 5.75 Å². The quantitative estimate of drug-likeness (QED) is 0.287. The van der Waals surface area contributed by atoms with Crippen molar-refractivity contribution in [2.75, 3.05) is 20.3 Å². The fourth-order valence-electron chi connectivity index (χ4n) is 4.39. The molecule has 0 spiro atoms. The van der Waals surface area contributed by atoms with Crippen LogP contribution in [0.25, 0.3) is 22.6 Å². The predicted molar refractivity (Wildman–Crippen MR) is 174 cm³/mol. The van der Waals surface area contributed by atoms with Crippen LogP contribution in [-0.2, 0) is 20.7 Å². The van der Waals surface area contributed by atoms with Crippen molar-refractivity contribution in [3.63, 3.8) is 0 Å². The summed E-state index contributed by atoms with van der Waals surface area (Å²) in [7, 11) is 1.63. The number of aromatic nitrogens is 1. The van der Waals surface area contributed by atoms with Gasteiger partial charge in [0, 0.05) is 5.39 Å². The van der Waals surface area contributed by atoms with Crippen molar-refractivity contribution < 1.29 is 28.6 Å². The van der Waals surface area contributed by atoms with Crippen LogP contribution >= 0.6 is 0 Å². The molecule has 2 aromatic carbocycles. The van der Waals surface area contributed by atoms with E-state index in [4.69, 9.17) is 14.5 Å². The molecule has 1 aliphatic carbocycles. The van der Waals surface area contributed by atoms with Crippen LogP contribution in [0.3, 0.4) is 0 Å². The Balaban J connectivity index is 0.00000122. The maximum Gasteiger partial charge on any atom is 0.413 e. The first-order chi connectivity index (χ1) is 20.8. The van der Waals surface area contributed by atoms with Crippen LogP contribution in [-0.4, -0.2) is 43.3 Å². The molecule has 0 radical (unpaired) electrons. The minimum absolute atomic E-state index is 0.124. The molecule has 1 N–H and O–H groups in total. The van der Waals surface area contributed by atoms with Crippen LogP contribution < -0.4 is 10.1 Å². The third kappa shape index (κ3) is 10.9. The Morgan fingerprint density at radius 2 is 1.56 bits per heavy atom. The Labute approximate surface area is 256 Å². The largest absolute Gasteiger partial charge is 0.497 e. The third-order valence-electron chi connectivity index (χ3n) is 5.93. The highest BCUT2D eigenvalue weighted by Gasteiger charge is 2.29. The van der Waals surface area contributed by atoms with Crippen LogP contribution in [0.4, 0.5) is 4.79 Å². The number of para-hydroxylation sites is 1. The molecule has 1 aliphatic rings. The van der Waals surface area contributed by atoms with Gasteiger partial charge in [-0.15, -0.1) is 0 Å². The molecule has 1 atom stereocenters. The number of alkyl carbamates (subject to hydrolysis) is 1. The normalized spacial score (nSPS) is 13.9. The van der Waals surface area contributed by atoms with Gasteiger partial charge in [-0.3, -0.25) is 10.1 Å². The first-order valence-electron chi connectivity index (χ1n) is 15.2. The summed E-state index contributed by atoms with van der Waals surface area (Å²) in [4.78, 5) is 41.8. The second-order valence-electron chi connectivity index (χ2n) is 9.34. The van der Waals surface area contributed by atoms with E-state index in [1.165, 1.54) is 6.42 Å². The summed E-state index contributed by atoms with van der Waals surface area (Å²) < 4.78 is 15.3. The number of carbonyl (C=O) groups is 3. The van der Waals surface area contributed by atoms with Crippen molar-refractivity contribution in [3.8, 4) is 5.75 Å². The summed E-state index contributed by atoms with van der Waals surface area (Å²) in [6, 6.07) is 15.1. The molecule has 0 fully saturated rings. The number of amides is 2. The number of nitrogens with zero attached hydrogens (tertiary/aromatic N) is 1. The molecular formula is C35H48N2O6. The van der Waals surface area contributed by atoms with E-state index in [-0.39, 0.29) is 12.5 Å². The fourth-order valence-corrected chi connectivity index (χ4v) is 4.39. The van der Waals surface area contributed by atoms with Crippen LogP contribution in [0.1, 0.15) is 95.4 Å². The first kappa shape index (κ1) is 36.8. The number of esters is 1. The maximum atomic E-state index is 13.3. The average molecular weight is 593 g/mol. The van der Waals surface area contributed by atoms with Crippen molar-refractivity contribution in [2.45, 2.75) is 74.7 Å². The number of methoxy groups -OCH3 is 1. The van der Waals surface area contributed by atoms with Crippen LogP contribution in [0.15, 0.2) is 48.5 Å². The fraction of sp³-hybridized carbons (Fsp3) is 0.429. The molecule has 4 rings (SSSR count). The van der Waals surface area contributed by atoms with Gasteiger partial charge in [-0.25, -0.2) is 14.6 Å². The minimum atomic E-state index is -0.882. The minimum Gasteiger partial charge on any atom is -0.497 e. The van der Waals surface area contributed by atoms with Gasteiger partial charge >= 0.3 is 12.1 Å². The highest BCUT2D eigenvalue weighted by Crippen LogP contribution is 2.38. The molecule has 0 aliphatic heterocycles. The third-order valence-corrected chi connectivity index (χ3v) is 5.93. The number of hydrogen-bond acceptors (Lipinski definition) is 7. The van der Waals surface area contributed by atoms with E-state index in [2.05, 4.69) is 31.6 Å². The van der Waals surface area contributed by atoms with E-state index < -0.39 is 24.6 Å². The molecule has 8 nitrogen and oxygen atoms in total. The maximum absolute atomic E-state index is 13.3. The van der Waals surface area contributed by atoms with E-state index in [9.17, 15) is 14.4 Å². The predicted octanol–water partition coefficient (Wildman–Crippen LogP) is 8.26. The highest BCUT2D eigenvalue weighted by molar-refractivity contribution is 6.07. The number of benzene rings is 2. The molecule has 1 aromatic heterocycles. The molecule has 8 heteroatoms. The zero-order valence-corrected chi connectivity index (χ0v) is 27.2. The van der Waals surface area contributed by atoms with Gasteiger partial charge in [-0.1, -0.05) is 85.2 Å². The molecule has 43 heavy (non-hydrogen) atoms. The molecule has 0 saturated carbocycles. The number of ether oxygens (including phenoxy) is 3. The summed E-state index contributed by atoms with van der Waals surface area (Å²) in [6.07, 6.45) is 3.90. The van der Waals surface area contributed by atoms with Crippen molar-refractivity contribution in [1.82, 2.24) is 10.3 Å². The number of imide groups is 1. The standard InChI is InChI=1S/C28H28N2O6.C3H8.2C2H6/c1-4-35-28(33)30-24(31)16-36-27(32)25-21-7-5-6-8-23(21)29-26-19(13-17(2)14-22(25)26)15-18-9-11-20(34-3)12-10-18;1-3-2;2*1-2/h5-12,15,17H,4,13-14,16H2,1-3H3,(H,30,31,33);3H2,1-2H3;2*1-2H3/b19-15-;;;. The van der Waals surface area contributed by atoms with Crippen molar-refractivity contribution in [3.05, 3.63) is 70.9 Å². The van der Waals surface area contributed by atoms with Crippen molar-refractivity contribution in [1.29, 1.82) is 0 Å². The molecule has 1 unspecified atom stereocenters.